The predicted octanol–water partition coefficient (Wildman–Crippen LogP) is 1.33. The molecule has 0 bridgehead atoms. The molecule has 1 saturated heterocycles. The van der Waals surface area contributed by atoms with Crippen molar-refractivity contribution in [1.82, 2.24) is 5.32 Å². The third kappa shape index (κ3) is 2.99. The van der Waals surface area contributed by atoms with E-state index in [9.17, 15) is 4.79 Å². The number of carbonyl (C=O) groups is 1. The number of ether oxygens (including phenoxy) is 1. The van der Waals surface area contributed by atoms with Gasteiger partial charge in [-0.1, -0.05) is 26.7 Å². The summed E-state index contributed by atoms with van der Waals surface area (Å²) in [7, 11) is 0. The predicted molar refractivity (Wildman–Crippen MR) is 51.4 cm³/mol. The van der Waals surface area contributed by atoms with Crippen LogP contribution in [0.15, 0.2) is 0 Å². The van der Waals surface area contributed by atoms with E-state index < -0.39 is 0 Å². The van der Waals surface area contributed by atoms with Gasteiger partial charge < -0.3 is 10.1 Å². The molecule has 1 aliphatic heterocycles. The molecule has 0 amide bonds. The molecule has 0 aromatic rings. The molecule has 0 aromatic carbocycles. The molecule has 1 heterocycles. The van der Waals surface area contributed by atoms with Crippen LogP contribution in [0.2, 0.25) is 0 Å². The minimum atomic E-state index is -0.0778. The molecule has 1 N–H and O–H groups in total. The van der Waals surface area contributed by atoms with Crippen LogP contribution in [0, 0.1) is 5.92 Å². The van der Waals surface area contributed by atoms with E-state index >= 15 is 0 Å². The first kappa shape index (κ1) is 10.5. The van der Waals surface area contributed by atoms with E-state index in [1.165, 1.54) is 12.8 Å². The van der Waals surface area contributed by atoms with E-state index in [1.54, 1.807) is 0 Å². The first-order chi connectivity index (χ1) is 6.27. The molecule has 3 nitrogen and oxygen atoms in total. The lowest BCUT2D eigenvalue weighted by molar-refractivity contribution is -0.139. The van der Waals surface area contributed by atoms with Crippen LogP contribution in [0.1, 0.15) is 33.1 Å². The summed E-state index contributed by atoms with van der Waals surface area (Å²) in [5, 5.41) is 3.26. The number of rotatable bonds is 5. The Balaban J connectivity index is 2.20. The molecule has 0 aromatic heterocycles. The highest BCUT2D eigenvalue weighted by molar-refractivity contribution is 5.77. The quantitative estimate of drug-likeness (QED) is 0.657. The summed E-state index contributed by atoms with van der Waals surface area (Å²) < 4.78 is 4.86. The molecule has 0 aliphatic carbocycles. The molecule has 1 aliphatic rings. The average molecular weight is 185 g/mol. The van der Waals surface area contributed by atoms with Crippen LogP contribution in [0.5, 0.6) is 0 Å². The smallest absolute Gasteiger partial charge is 0.323 e. The fraction of sp³-hybridized carbons (Fsp3) is 0.900. The lowest BCUT2D eigenvalue weighted by atomic mass is 10.0. The zero-order chi connectivity index (χ0) is 9.68. The highest BCUT2D eigenvalue weighted by Gasteiger charge is 2.25. The Morgan fingerprint density at radius 2 is 2.23 bits per heavy atom. The Hall–Kier alpha value is -0.570. The van der Waals surface area contributed by atoms with Gasteiger partial charge in [0.25, 0.3) is 0 Å². The van der Waals surface area contributed by atoms with Crippen LogP contribution >= 0.6 is 0 Å². The van der Waals surface area contributed by atoms with Gasteiger partial charge in [0.1, 0.15) is 6.04 Å². The summed E-state index contributed by atoms with van der Waals surface area (Å²) >= 11 is 0. The Morgan fingerprint density at radius 1 is 1.54 bits per heavy atom. The van der Waals surface area contributed by atoms with E-state index in [4.69, 9.17) is 4.74 Å². The normalized spacial score (nSPS) is 22.4. The highest BCUT2D eigenvalue weighted by Crippen LogP contribution is 2.09. The first-order valence-electron chi connectivity index (χ1n) is 5.18. The van der Waals surface area contributed by atoms with E-state index in [1.807, 2.05) is 0 Å². The molecule has 1 atom stereocenters. The topological polar surface area (TPSA) is 38.3 Å². The van der Waals surface area contributed by atoms with Crippen molar-refractivity contribution in [3.8, 4) is 0 Å². The van der Waals surface area contributed by atoms with Crippen LogP contribution in [-0.2, 0) is 9.53 Å². The molecule has 13 heavy (non-hydrogen) atoms. The molecule has 1 rings (SSSR count). The summed E-state index contributed by atoms with van der Waals surface area (Å²) in [6, 6.07) is -0.0411. The van der Waals surface area contributed by atoms with E-state index in [0.717, 1.165) is 13.0 Å². The molecular weight excluding hydrogens is 166 g/mol. The maximum atomic E-state index is 11.1. The molecule has 3 heteroatoms. The molecule has 1 unspecified atom stereocenters. The van der Waals surface area contributed by atoms with Gasteiger partial charge in [-0.15, -0.1) is 0 Å². The fourth-order valence-electron chi connectivity index (χ4n) is 1.57. The molecule has 76 valence electrons. The van der Waals surface area contributed by atoms with Crippen molar-refractivity contribution in [3.05, 3.63) is 0 Å². The number of cyclic esters (lactones) is 1. The molecular formula is C10H19NO2. The molecule has 0 saturated carbocycles. The fourth-order valence-corrected chi connectivity index (χ4v) is 1.57. The summed E-state index contributed by atoms with van der Waals surface area (Å²) in [4.78, 5) is 11.1. The van der Waals surface area contributed by atoms with Crippen molar-refractivity contribution in [2.75, 3.05) is 13.2 Å². The van der Waals surface area contributed by atoms with Crippen molar-refractivity contribution < 1.29 is 9.53 Å². The van der Waals surface area contributed by atoms with Crippen LogP contribution in [0.25, 0.3) is 0 Å². The molecule has 1 fully saturated rings. The van der Waals surface area contributed by atoms with Crippen molar-refractivity contribution in [3.63, 3.8) is 0 Å². The van der Waals surface area contributed by atoms with Gasteiger partial charge in [0.2, 0.25) is 0 Å². The maximum absolute atomic E-state index is 11.1. The highest BCUT2D eigenvalue weighted by atomic mass is 16.5. The van der Waals surface area contributed by atoms with Crippen LogP contribution < -0.4 is 5.32 Å². The summed E-state index contributed by atoms with van der Waals surface area (Å²) in [6.07, 6.45) is 3.18. The van der Waals surface area contributed by atoms with Gasteiger partial charge in [-0.05, 0) is 12.5 Å². The second-order valence-corrected chi connectivity index (χ2v) is 3.60. The second-order valence-electron chi connectivity index (χ2n) is 3.60. The largest absolute Gasteiger partial charge is 0.464 e. The lowest BCUT2D eigenvalue weighted by Crippen LogP contribution is -2.36. The number of nitrogens with one attached hydrogen (secondary N) is 1. The van der Waals surface area contributed by atoms with E-state index in [0.29, 0.717) is 12.5 Å². The van der Waals surface area contributed by atoms with Gasteiger partial charge in [0, 0.05) is 6.42 Å². The van der Waals surface area contributed by atoms with Gasteiger partial charge in [-0.2, -0.15) is 0 Å². The SMILES string of the molecule is CCC(CC)CNC1CCOC1=O. The van der Waals surface area contributed by atoms with Crippen molar-refractivity contribution >= 4 is 5.97 Å². The van der Waals surface area contributed by atoms with Crippen LogP contribution in [-0.4, -0.2) is 25.2 Å². The standard InChI is InChI=1S/C10H19NO2/c1-3-8(4-2)7-11-9-5-6-13-10(9)12/h8-9,11H,3-7H2,1-2H3. The van der Waals surface area contributed by atoms with Gasteiger partial charge in [0.15, 0.2) is 0 Å². The lowest BCUT2D eigenvalue weighted by Gasteiger charge is -2.15. The number of esters is 1. The Morgan fingerprint density at radius 3 is 2.69 bits per heavy atom. The number of carbonyl (C=O) groups excluding carboxylic acids is 1. The Kier molecular flexibility index (Phi) is 4.22. The monoisotopic (exact) mass is 185 g/mol. The van der Waals surface area contributed by atoms with E-state index in [-0.39, 0.29) is 12.0 Å². The maximum Gasteiger partial charge on any atom is 0.323 e. The van der Waals surface area contributed by atoms with Gasteiger partial charge in [0.05, 0.1) is 6.61 Å². The first-order valence-corrected chi connectivity index (χ1v) is 5.18. The minimum absolute atomic E-state index is 0.0411. The van der Waals surface area contributed by atoms with Crippen LogP contribution in [0.4, 0.5) is 0 Å². The van der Waals surface area contributed by atoms with Crippen molar-refractivity contribution in [2.24, 2.45) is 5.92 Å². The summed E-state index contributed by atoms with van der Waals surface area (Å²) in [6.45, 7) is 5.89. The minimum Gasteiger partial charge on any atom is -0.464 e. The van der Waals surface area contributed by atoms with Gasteiger partial charge >= 0.3 is 5.97 Å². The third-order valence-electron chi connectivity index (χ3n) is 2.74. The van der Waals surface area contributed by atoms with Crippen molar-refractivity contribution in [2.45, 2.75) is 39.2 Å². The molecule has 0 radical (unpaired) electrons. The Bertz CT molecular complexity index is 166. The number of hydrogen-bond acceptors (Lipinski definition) is 3. The zero-order valence-corrected chi connectivity index (χ0v) is 8.51. The van der Waals surface area contributed by atoms with E-state index in [2.05, 4.69) is 19.2 Å². The van der Waals surface area contributed by atoms with Gasteiger partial charge in [-0.3, -0.25) is 4.79 Å². The van der Waals surface area contributed by atoms with Gasteiger partial charge in [-0.25, -0.2) is 0 Å². The average Bonchev–Trinajstić information content (AvgIpc) is 2.54. The van der Waals surface area contributed by atoms with Crippen molar-refractivity contribution in [1.29, 1.82) is 0 Å². The molecule has 0 spiro atoms. The van der Waals surface area contributed by atoms with Crippen LogP contribution in [0.3, 0.4) is 0 Å². The number of hydrogen-bond donors (Lipinski definition) is 1. The second kappa shape index (κ2) is 5.22. The zero-order valence-electron chi connectivity index (χ0n) is 8.51. The summed E-state index contributed by atoms with van der Waals surface area (Å²) in [5.41, 5.74) is 0. The third-order valence-corrected chi connectivity index (χ3v) is 2.74. The Labute approximate surface area is 79.8 Å². The summed E-state index contributed by atoms with van der Waals surface area (Å²) in [5.74, 6) is 0.611.